The van der Waals surface area contributed by atoms with E-state index < -0.39 is 0 Å². The van der Waals surface area contributed by atoms with Crippen LogP contribution in [0.3, 0.4) is 0 Å². The number of pyridine rings is 1. The quantitative estimate of drug-likeness (QED) is 0.718. The smallest absolute Gasteiger partial charge is 0.146 e. The molecule has 0 saturated heterocycles. The van der Waals surface area contributed by atoms with E-state index in [-0.39, 0.29) is 0 Å². The molecule has 0 aliphatic rings. The predicted molar refractivity (Wildman–Crippen MR) is 78.0 cm³/mol. The highest BCUT2D eigenvalue weighted by Gasteiger charge is 2.11. The van der Waals surface area contributed by atoms with Gasteiger partial charge in [0.25, 0.3) is 0 Å². The van der Waals surface area contributed by atoms with Crippen LogP contribution in [0, 0.1) is 3.57 Å². The molecule has 0 aliphatic carbocycles. The lowest BCUT2D eigenvalue weighted by Crippen LogP contribution is -2.00. The number of nitrogens with two attached hydrogens (primary N) is 1. The molecule has 6 heteroatoms. The number of hydrogen-bond acceptors (Lipinski definition) is 4. The first kappa shape index (κ1) is 11.4. The minimum atomic E-state index is 0.523. The van der Waals surface area contributed by atoms with Crippen LogP contribution in [0.5, 0.6) is 0 Å². The van der Waals surface area contributed by atoms with E-state index in [1.165, 1.54) is 6.33 Å². The first-order valence-corrected chi connectivity index (χ1v) is 6.47. The minimum absolute atomic E-state index is 0.523. The SMILES string of the molecule is Nc1ncnc2c1c(I)cn2Cc1cccnc1. The summed E-state index contributed by atoms with van der Waals surface area (Å²) in [4.78, 5) is 12.4. The molecule has 0 fully saturated rings. The lowest BCUT2D eigenvalue weighted by atomic mass is 10.3. The minimum Gasteiger partial charge on any atom is -0.383 e. The van der Waals surface area contributed by atoms with E-state index in [1.807, 2.05) is 24.5 Å². The fraction of sp³-hybridized carbons (Fsp3) is 0.0833. The van der Waals surface area contributed by atoms with Crippen molar-refractivity contribution in [2.45, 2.75) is 6.54 Å². The van der Waals surface area contributed by atoms with E-state index >= 15 is 0 Å². The topological polar surface area (TPSA) is 69.6 Å². The third kappa shape index (κ3) is 1.92. The summed E-state index contributed by atoms with van der Waals surface area (Å²) < 4.78 is 3.12. The highest BCUT2D eigenvalue weighted by Crippen LogP contribution is 2.25. The summed E-state index contributed by atoms with van der Waals surface area (Å²) in [5, 5.41) is 0.919. The van der Waals surface area contributed by atoms with Crippen molar-refractivity contribution in [2.24, 2.45) is 0 Å². The van der Waals surface area contributed by atoms with Gasteiger partial charge in [-0.3, -0.25) is 4.98 Å². The van der Waals surface area contributed by atoms with Gasteiger partial charge in [-0.05, 0) is 34.2 Å². The Balaban J connectivity index is 2.11. The Morgan fingerprint density at radius 2 is 2.22 bits per heavy atom. The second kappa shape index (κ2) is 4.52. The number of hydrogen-bond donors (Lipinski definition) is 1. The zero-order chi connectivity index (χ0) is 12.5. The van der Waals surface area contributed by atoms with Crippen LogP contribution in [0.4, 0.5) is 5.82 Å². The summed E-state index contributed by atoms with van der Waals surface area (Å²) in [6.07, 6.45) is 7.14. The van der Waals surface area contributed by atoms with Crippen LogP contribution >= 0.6 is 22.6 Å². The van der Waals surface area contributed by atoms with Crippen LogP contribution in [0.1, 0.15) is 5.56 Å². The van der Waals surface area contributed by atoms with Gasteiger partial charge in [0.1, 0.15) is 17.8 Å². The maximum absolute atomic E-state index is 5.88. The monoisotopic (exact) mass is 351 g/mol. The molecule has 3 heterocycles. The molecule has 0 atom stereocenters. The van der Waals surface area contributed by atoms with Crippen molar-refractivity contribution < 1.29 is 0 Å². The predicted octanol–water partition coefficient (Wildman–Crippen LogP) is 2.06. The Kier molecular flexibility index (Phi) is 2.86. The zero-order valence-electron chi connectivity index (χ0n) is 9.42. The molecule has 18 heavy (non-hydrogen) atoms. The number of rotatable bonds is 2. The van der Waals surface area contributed by atoms with Gasteiger partial charge in [-0.15, -0.1) is 0 Å². The Morgan fingerprint density at radius 1 is 1.33 bits per heavy atom. The second-order valence-electron chi connectivity index (χ2n) is 3.92. The number of nitrogen functional groups attached to an aromatic ring is 1. The standard InChI is InChI=1S/C12H10IN5/c13-9-6-18(5-8-2-1-3-15-4-8)12-10(9)11(14)16-7-17-12/h1-4,6-7H,5H2,(H2,14,16,17). The number of halogens is 1. The Labute approximate surface area is 117 Å². The van der Waals surface area contributed by atoms with Gasteiger partial charge in [0.05, 0.1) is 11.9 Å². The first-order chi connectivity index (χ1) is 8.75. The summed E-state index contributed by atoms with van der Waals surface area (Å²) in [5.74, 6) is 0.523. The molecule has 3 aromatic rings. The molecule has 0 bridgehead atoms. The number of anilines is 1. The van der Waals surface area contributed by atoms with Crippen LogP contribution in [0.2, 0.25) is 0 Å². The molecule has 2 N–H and O–H groups in total. The average Bonchev–Trinajstić information content (AvgIpc) is 2.69. The Hall–Kier alpha value is -1.70. The summed E-state index contributed by atoms with van der Waals surface area (Å²) in [6.45, 7) is 0.726. The average molecular weight is 351 g/mol. The van der Waals surface area contributed by atoms with E-state index in [1.54, 1.807) is 6.20 Å². The maximum atomic E-state index is 5.88. The molecule has 0 unspecified atom stereocenters. The van der Waals surface area contributed by atoms with Crippen molar-refractivity contribution >= 4 is 39.4 Å². The van der Waals surface area contributed by atoms with E-state index in [0.717, 1.165) is 26.7 Å². The Bertz CT molecular complexity index is 692. The lowest BCUT2D eigenvalue weighted by molar-refractivity contribution is 0.817. The summed E-state index contributed by atoms with van der Waals surface area (Å²) in [7, 11) is 0. The molecule has 0 saturated carbocycles. The molecule has 0 aromatic carbocycles. The van der Waals surface area contributed by atoms with Crippen LogP contribution in [0.25, 0.3) is 11.0 Å². The van der Waals surface area contributed by atoms with E-state index in [4.69, 9.17) is 5.73 Å². The van der Waals surface area contributed by atoms with E-state index in [0.29, 0.717) is 5.82 Å². The van der Waals surface area contributed by atoms with Gasteiger partial charge >= 0.3 is 0 Å². The number of nitrogens with zero attached hydrogens (tertiary/aromatic N) is 4. The van der Waals surface area contributed by atoms with Crippen molar-refractivity contribution in [1.29, 1.82) is 0 Å². The molecule has 3 aromatic heterocycles. The van der Waals surface area contributed by atoms with Crippen molar-refractivity contribution in [3.8, 4) is 0 Å². The third-order valence-electron chi connectivity index (χ3n) is 2.71. The van der Waals surface area contributed by atoms with Crippen molar-refractivity contribution in [1.82, 2.24) is 19.5 Å². The summed E-state index contributed by atoms with van der Waals surface area (Å²) in [5.41, 5.74) is 7.87. The van der Waals surface area contributed by atoms with Crippen LogP contribution in [0.15, 0.2) is 37.1 Å². The molecule has 5 nitrogen and oxygen atoms in total. The fourth-order valence-electron chi connectivity index (χ4n) is 1.91. The molecule has 90 valence electrons. The van der Waals surface area contributed by atoms with Crippen molar-refractivity contribution in [3.05, 3.63) is 46.2 Å². The van der Waals surface area contributed by atoms with Gasteiger partial charge in [-0.2, -0.15) is 0 Å². The summed E-state index contributed by atoms with van der Waals surface area (Å²) >= 11 is 2.25. The van der Waals surface area contributed by atoms with E-state index in [9.17, 15) is 0 Å². The van der Waals surface area contributed by atoms with E-state index in [2.05, 4.69) is 42.1 Å². The summed E-state index contributed by atoms with van der Waals surface area (Å²) in [6, 6.07) is 3.96. The molecule has 0 aliphatic heterocycles. The van der Waals surface area contributed by atoms with Gasteiger partial charge in [-0.25, -0.2) is 9.97 Å². The van der Waals surface area contributed by atoms with Crippen molar-refractivity contribution in [3.63, 3.8) is 0 Å². The molecule has 0 amide bonds. The molecule has 0 spiro atoms. The van der Waals surface area contributed by atoms with Crippen LogP contribution in [-0.2, 0) is 6.54 Å². The van der Waals surface area contributed by atoms with Gasteiger partial charge in [-0.1, -0.05) is 6.07 Å². The normalized spacial score (nSPS) is 10.9. The highest BCUT2D eigenvalue weighted by molar-refractivity contribution is 14.1. The molecular weight excluding hydrogens is 341 g/mol. The van der Waals surface area contributed by atoms with Gasteiger partial charge in [0.2, 0.25) is 0 Å². The molecular formula is C12H10IN5. The zero-order valence-corrected chi connectivity index (χ0v) is 11.6. The largest absolute Gasteiger partial charge is 0.383 e. The third-order valence-corrected chi connectivity index (χ3v) is 3.53. The van der Waals surface area contributed by atoms with Gasteiger partial charge in [0, 0.05) is 22.2 Å². The van der Waals surface area contributed by atoms with Crippen molar-refractivity contribution in [2.75, 3.05) is 5.73 Å². The fourth-order valence-corrected chi connectivity index (χ4v) is 2.76. The number of aromatic nitrogens is 4. The van der Waals surface area contributed by atoms with Gasteiger partial charge in [0.15, 0.2) is 0 Å². The molecule has 0 radical (unpaired) electrons. The highest BCUT2D eigenvalue weighted by atomic mass is 127. The van der Waals surface area contributed by atoms with Crippen LogP contribution in [-0.4, -0.2) is 19.5 Å². The lowest BCUT2D eigenvalue weighted by Gasteiger charge is -2.04. The first-order valence-electron chi connectivity index (χ1n) is 5.39. The molecule has 3 rings (SSSR count). The van der Waals surface area contributed by atoms with Crippen LogP contribution < -0.4 is 5.73 Å². The maximum Gasteiger partial charge on any atom is 0.146 e. The second-order valence-corrected chi connectivity index (χ2v) is 5.09. The Morgan fingerprint density at radius 3 is 3.00 bits per heavy atom. The van der Waals surface area contributed by atoms with Gasteiger partial charge < -0.3 is 10.3 Å². The number of fused-ring (bicyclic) bond motifs is 1.